The first-order valence-corrected chi connectivity index (χ1v) is 15.2. The van der Waals surface area contributed by atoms with Gasteiger partial charge in [0.15, 0.2) is 5.78 Å². The minimum Gasteiger partial charge on any atom is -0.383 e. The van der Waals surface area contributed by atoms with Crippen LogP contribution in [0.2, 0.25) is 0 Å². The van der Waals surface area contributed by atoms with Crippen LogP contribution in [0.15, 0.2) is 71.6 Å². The highest BCUT2D eigenvalue weighted by Gasteiger charge is 2.79. The van der Waals surface area contributed by atoms with Crippen LogP contribution < -0.4 is 5.32 Å². The molecule has 0 saturated heterocycles. The molecule has 0 radical (unpaired) electrons. The Morgan fingerprint density at radius 3 is 2.41 bits per heavy atom. The van der Waals surface area contributed by atoms with Crippen molar-refractivity contribution in [1.29, 1.82) is 0 Å². The molecule has 0 spiro atoms. The number of aromatic nitrogens is 1. The van der Waals surface area contributed by atoms with Crippen molar-refractivity contribution in [3.05, 3.63) is 88.3 Å². The van der Waals surface area contributed by atoms with E-state index in [4.69, 9.17) is 0 Å². The van der Waals surface area contributed by atoms with Gasteiger partial charge in [0.1, 0.15) is 5.60 Å². The third-order valence-electron chi connectivity index (χ3n) is 10.8. The van der Waals surface area contributed by atoms with Crippen molar-refractivity contribution >= 4 is 11.7 Å². The Hall–Kier alpha value is -3.40. The standard InChI is InChI=1S/C34H35F5N2O3/c1-31-19-27(21-2-4-22(5-3-21)30(43)41-17-13-20-11-15-40-16-12-20)29-25-9-7-24(42)18-23(25)6-8-26(29)28(31)10-14-32(31,44)33(35,36)34(37,38)39/h2-5,11-12,15-16,18,26-28,44H,6-10,13-14,17,19H2,1H3,(H,41,43)/t26?,27-,28+,31?,32+/m1/s1. The second-order valence-electron chi connectivity index (χ2n) is 13.0. The molecule has 1 amide bonds. The molecule has 5 nitrogen and oxygen atoms in total. The van der Waals surface area contributed by atoms with Gasteiger partial charge in [-0.05, 0) is 109 Å². The van der Waals surface area contributed by atoms with Gasteiger partial charge < -0.3 is 10.4 Å². The van der Waals surface area contributed by atoms with E-state index in [2.05, 4.69) is 10.3 Å². The third-order valence-corrected chi connectivity index (χ3v) is 10.8. The van der Waals surface area contributed by atoms with Crippen LogP contribution >= 0.6 is 0 Å². The number of nitrogens with one attached hydrogen (secondary N) is 1. The maximum absolute atomic E-state index is 15.2. The van der Waals surface area contributed by atoms with Crippen LogP contribution in [0.5, 0.6) is 0 Å². The average molecular weight is 615 g/mol. The van der Waals surface area contributed by atoms with E-state index < -0.39 is 41.4 Å². The number of benzene rings is 1. The van der Waals surface area contributed by atoms with Crippen LogP contribution in [0.1, 0.15) is 79.3 Å². The molecule has 4 aliphatic rings. The lowest BCUT2D eigenvalue weighted by Crippen LogP contribution is -2.65. The molecule has 5 atom stereocenters. The number of hydrogen-bond donors (Lipinski definition) is 2. The van der Waals surface area contributed by atoms with E-state index in [0.29, 0.717) is 49.8 Å². The molecule has 2 unspecified atom stereocenters. The van der Waals surface area contributed by atoms with Crippen LogP contribution in [-0.4, -0.2) is 46.0 Å². The largest absolute Gasteiger partial charge is 0.456 e. The molecule has 2 N–H and O–H groups in total. The van der Waals surface area contributed by atoms with Gasteiger partial charge in [-0.1, -0.05) is 24.6 Å². The summed E-state index contributed by atoms with van der Waals surface area (Å²) in [5, 5.41) is 14.3. The molecule has 1 heterocycles. The van der Waals surface area contributed by atoms with Gasteiger partial charge in [0.05, 0.1) is 0 Å². The smallest absolute Gasteiger partial charge is 0.383 e. The lowest BCUT2D eigenvalue weighted by molar-refractivity contribution is -0.362. The maximum Gasteiger partial charge on any atom is 0.456 e. The number of aliphatic hydroxyl groups is 1. The Labute approximate surface area is 252 Å². The summed E-state index contributed by atoms with van der Waals surface area (Å²) >= 11 is 0. The molecular formula is C34H35F5N2O3. The minimum atomic E-state index is -5.90. The zero-order chi connectivity index (χ0) is 31.5. The van der Waals surface area contributed by atoms with Crippen LogP contribution in [-0.2, 0) is 11.2 Å². The molecule has 0 aliphatic heterocycles. The monoisotopic (exact) mass is 614 g/mol. The van der Waals surface area contributed by atoms with Crippen molar-refractivity contribution in [2.45, 2.75) is 81.9 Å². The zero-order valence-corrected chi connectivity index (χ0v) is 24.4. The zero-order valence-electron chi connectivity index (χ0n) is 24.4. The number of amides is 1. The summed E-state index contributed by atoms with van der Waals surface area (Å²) in [6, 6.07) is 10.5. The summed E-state index contributed by atoms with van der Waals surface area (Å²) in [5.41, 5.74) is 0.0390. The first kappa shape index (κ1) is 30.6. The number of carbonyl (C=O) groups excluding carboxylic acids is 2. The molecule has 2 saturated carbocycles. The first-order valence-electron chi connectivity index (χ1n) is 15.2. The van der Waals surface area contributed by atoms with Gasteiger partial charge in [0.25, 0.3) is 5.91 Å². The highest BCUT2D eigenvalue weighted by molar-refractivity contribution is 5.94. The molecule has 2 fully saturated rings. The fourth-order valence-electron chi connectivity index (χ4n) is 8.55. The Kier molecular flexibility index (Phi) is 7.58. The van der Waals surface area contributed by atoms with Crippen molar-refractivity contribution in [3.63, 3.8) is 0 Å². The SMILES string of the molecule is CC12C[C@H](c3ccc(C(=O)NCCc4ccncc4)cc3)C3=C4CCC(=O)C=C4CCC3[C@@H]1CC[C@@]2(O)C(F)(F)C(F)(F)F. The Balaban J connectivity index is 1.34. The number of alkyl halides is 5. The molecule has 2 aromatic rings. The Bertz CT molecular complexity index is 1520. The number of nitrogens with zero attached hydrogens (tertiary/aromatic N) is 1. The van der Waals surface area contributed by atoms with Crippen LogP contribution in [0.25, 0.3) is 0 Å². The number of fused-ring (bicyclic) bond motifs is 4. The molecule has 234 valence electrons. The summed E-state index contributed by atoms with van der Waals surface area (Å²) in [6.07, 6.45) is 0.911. The number of pyridine rings is 1. The van der Waals surface area contributed by atoms with E-state index in [1.165, 1.54) is 6.92 Å². The fraction of sp³-hybridized carbons (Fsp3) is 0.500. The summed E-state index contributed by atoms with van der Waals surface area (Å²) < 4.78 is 71.7. The first-order chi connectivity index (χ1) is 20.8. The lowest BCUT2D eigenvalue weighted by Gasteiger charge is -2.56. The maximum atomic E-state index is 15.2. The molecule has 0 bridgehead atoms. The van der Waals surface area contributed by atoms with Crippen LogP contribution in [0.3, 0.4) is 0 Å². The molecule has 10 heteroatoms. The van der Waals surface area contributed by atoms with Gasteiger partial charge in [-0.2, -0.15) is 22.0 Å². The molecule has 1 aromatic carbocycles. The van der Waals surface area contributed by atoms with Crippen molar-refractivity contribution < 1.29 is 36.6 Å². The molecule has 4 aliphatic carbocycles. The van der Waals surface area contributed by atoms with E-state index in [1.807, 2.05) is 12.1 Å². The number of halogens is 5. The second-order valence-corrected chi connectivity index (χ2v) is 13.0. The van der Waals surface area contributed by atoms with E-state index in [9.17, 15) is 27.9 Å². The van der Waals surface area contributed by atoms with Gasteiger partial charge in [-0.25, -0.2) is 0 Å². The van der Waals surface area contributed by atoms with Crippen molar-refractivity contribution in [2.24, 2.45) is 17.3 Å². The normalized spacial score (nSPS) is 30.3. The number of rotatable bonds is 6. The van der Waals surface area contributed by atoms with Crippen molar-refractivity contribution in [3.8, 4) is 0 Å². The topological polar surface area (TPSA) is 79.3 Å². The fourth-order valence-corrected chi connectivity index (χ4v) is 8.55. The van der Waals surface area contributed by atoms with Gasteiger partial charge >= 0.3 is 12.1 Å². The van der Waals surface area contributed by atoms with Gasteiger partial charge in [-0.3, -0.25) is 14.6 Å². The minimum absolute atomic E-state index is 0.0272. The second kappa shape index (κ2) is 10.9. The number of ketones is 1. The van der Waals surface area contributed by atoms with Crippen LogP contribution in [0, 0.1) is 17.3 Å². The van der Waals surface area contributed by atoms with Crippen molar-refractivity contribution in [2.75, 3.05) is 6.54 Å². The van der Waals surface area contributed by atoms with Gasteiger partial charge in [-0.15, -0.1) is 0 Å². The lowest BCUT2D eigenvalue weighted by atomic mass is 9.50. The van der Waals surface area contributed by atoms with E-state index in [-0.39, 0.29) is 30.4 Å². The number of hydrogen-bond acceptors (Lipinski definition) is 4. The van der Waals surface area contributed by atoms with Crippen LogP contribution in [0.4, 0.5) is 22.0 Å². The Morgan fingerprint density at radius 1 is 1.02 bits per heavy atom. The summed E-state index contributed by atoms with van der Waals surface area (Å²) in [7, 11) is 0. The molecule has 1 aromatic heterocycles. The molecule has 6 rings (SSSR count). The summed E-state index contributed by atoms with van der Waals surface area (Å²) in [5.74, 6) is -6.96. The number of carbonyl (C=O) groups is 2. The van der Waals surface area contributed by atoms with Gasteiger partial charge in [0, 0.05) is 42.3 Å². The van der Waals surface area contributed by atoms with E-state index in [0.717, 1.165) is 22.3 Å². The quantitative estimate of drug-likeness (QED) is 0.348. The van der Waals surface area contributed by atoms with E-state index >= 15 is 8.78 Å². The highest BCUT2D eigenvalue weighted by atomic mass is 19.4. The molecule has 44 heavy (non-hydrogen) atoms. The van der Waals surface area contributed by atoms with Crippen molar-refractivity contribution in [1.82, 2.24) is 10.3 Å². The summed E-state index contributed by atoms with van der Waals surface area (Å²) in [6.45, 7) is 1.81. The highest BCUT2D eigenvalue weighted by Crippen LogP contribution is 2.70. The average Bonchev–Trinajstić information content (AvgIpc) is 3.27. The predicted molar refractivity (Wildman–Crippen MR) is 153 cm³/mol. The van der Waals surface area contributed by atoms with E-state index in [1.54, 1.807) is 42.7 Å². The third kappa shape index (κ3) is 4.80. The van der Waals surface area contributed by atoms with Gasteiger partial charge in [0.2, 0.25) is 0 Å². The summed E-state index contributed by atoms with van der Waals surface area (Å²) in [4.78, 5) is 29.1. The molecular weight excluding hydrogens is 579 g/mol. The predicted octanol–water partition coefficient (Wildman–Crippen LogP) is 6.88. The Morgan fingerprint density at radius 2 is 1.73 bits per heavy atom. The number of allylic oxidation sites excluding steroid dienone is 4.